The highest BCUT2D eigenvalue weighted by Crippen LogP contribution is 2.19. The van der Waals surface area contributed by atoms with Gasteiger partial charge in [-0.1, -0.05) is 75.2 Å². The van der Waals surface area contributed by atoms with Crippen LogP contribution < -0.4 is 4.74 Å². The third-order valence-electron chi connectivity index (χ3n) is 4.63. The van der Waals surface area contributed by atoms with Crippen molar-refractivity contribution in [2.45, 2.75) is 52.6 Å². The zero-order chi connectivity index (χ0) is 18.9. The topological polar surface area (TPSA) is 35.0 Å². The van der Waals surface area contributed by atoms with Crippen LogP contribution in [0.1, 0.15) is 49.8 Å². The van der Waals surface area contributed by atoms with E-state index in [1.807, 2.05) is 0 Å². The average molecular weight is 361 g/mol. The highest BCUT2D eigenvalue weighted by atomic mass is 16.5. The maximum Gasteiger partial charge on any atom is 0.159 e. The standard InChI is InChI=1S/C24H28N2O/c1-3-5-7-20-12-14-22(15-13-20)24-25-16-23(17-26-24)27-18-21-10-8-19(6-4-2)9-11-21/h8-17H,3-7,18H2,1-2H3. The number of unbranched alkanes of at least 4 members (excludes halogenated alkanes) is 1. The van der Waals surface area contributed by atoms with Gasteiger partial charge in [-0.15, -0.1) is 0 Å². The van der Waals surface area contributed by atoms with Crippen molar-refractivity contribution in [1.29, 1.82) is 0 Å². The second kappa shape index (κ2) is 9.86. The summed E-state index contributed by atoms with van der Waals surface area (Å²) in [6.45, 7) is 4.94. The Balaban J connectivity index is 1.56. The minimum atomic E-state index is 0.529. The summed E-state index contributed by atoms with van der Waals surface area (Å²) in [7, 11) is 0. The van der Waals surface area contributed by atoms with Gasteiger partial charge >= 0.3 is 0 Å². The van der Waals surface area contributed by atoms with Crippen molar-refractivity contribution >= 4 is 0 Å². The molecule has 3 heteroatoms. The van der Waals surface area contributed by atoms with Crippen molar-refractivity contribution < 1.29 is 4.74 Å². The lowest BCUT2D eigenvalue weighted by Gasteiger charge is -2.08. The van der Waals surface area contributed by atoms with Crippen molar-refractivity contribution in [1.82, 2.24) is 9.97 Å². The van der Waals surface area contributed by atoms with E-state index < -0.39 is 0 Å². The van der Waals surface area contributed by atoms with Gasteiger partial charge in [-0.3, -0.25) is 0 Å². The minimum Gasteiger partial charge on any atom is -0.486 e. The third-order valence-corrected chi connectivity index (χ3v) is 4.63. The molecule has 0 unspecified atom stereocenters. The Morgan fingerprint density at radius 2 is 1.30 bits per heavy atom. The van der Waals surface area contributed by atoms with Crippen LogP contribution in [0.5, 0.6) is 5.75 Å². The molecule has 0 N–H and O–H groups in total. The molecule has 0 amide bonds. The summed E-state index contributed by atoms with van der Waals surface area (Å²) in [6.07, 6.45) is 9.36. The molecule has 0 fully saturated rings. The second-order valence-electron chi connectivity index (χ2n) is 6.90. The van der Waals surface area contributed by atoms with Gasteiger partial charge < -0.3 is 4.74 Å². The first kappa shape index (κ1) is 19.1. The molecule has 140 valence electrons. The first-order valence-corrected chi connectivity index (χ1v) is 9.90. The lowest BCUT2D eigenvalue weighted by molar-refractivity contribution is 0.303. The Morgan fingerprint density at radius 3 is 1.93 bits per heavy atom. The molecule has 0 radical (unpaired) electrons. The van der Waals surface area contributed by atoms with Crippen LogP contribution in [0.15, 0.2) is 60.9 Å². The van der Waals surface area contributed by atoms with Gasteiger partial charge in [-0.05, 0) is 36.0 Å². The summed E-state index contributed by atoms with van der Waals surface area (Å²) in [5, 5.41) is 0. The predicted octanol–water partition coefficient (Wildman–Crippen LogP) is 6.02. The SMILES string of the molecule is CCCCc1ccc(-c2ncc(OCc3ccc(CCC)cc3)cn2)cc1. The molecule has 0 spiro atoms. The molecule has 1 aromatic heterocycles. The van der Waals surface area contributed by atoms with Gasteiger partial charge in [0.05, 0.1) is 12.4 Å². The first-order chi connectivity index (χ1) is 13.3. The molecule has 0 atom stereocenters. The summed E-state index contributed by atoms with van der Waals surface area (Å²) in [4.78, 5) is 8.91. The normalized spacial score (nSPS) is 10.7. The smallest absolute Gasteiger partial charge is 0.159 e. The van der Waals surface area contributed by atoms with E-state index in [0.29, 0.717) is 12.4 Å². The largest absolute Gasteiger partial charge is 0.486 e. The lowest BCUT2D eigenvalue weighted by atomic mass is 10.1. The Labute approximate surface area is 162 Å². The van der Waals surface area contributed by atoms with Crippen LogP contribution in [0.2, 0.25) is 0 Å². The first-order valence-electron chi connectivity index (χ1n) is 9.90. The monoisotopic (exact) mass is 360 g/mol. The van der Waals surface area contributed by atoms with Gasteiger partial charge in [0, 0.05) is 5.56 Å². The summed E-state index contributed by atoms with van der Waals surface area (Å²) >= 11 is 0. The summed E-state index contributed by atoms with van der Waals surface area (Å²) < 4.78 is 5.82. The van der Waals surface area contributed by atoms with Crippen molar-refractivity contribution in [2.75, 3.05) is 0 Å². The molecule has 0 saturated carbocycles. The van der Waals surface area contributed by atoms with E-state index in [1.54, 1.807) is 12.4 Å². The number of ether oxygens (including phenoxy) is 1. The summed E-state index contributed by atoms with van der Waals surface area (Å²) in [5.41, 5.74) is 4.93. The van der Waals surface area contributed by atoms with Crippen LogP contribution in [0, 0.1) is 0 Å². The molecule has 0 aliphatic heterocycles. The molecule has 0 bridgehead atoms. The van der Waals surface area contributed by atoms with Gasteiger partial charge in [0.2, 0.25) is 0 Å². The number of aryl methyl sites for hydroxylation is 2. The van der Waals surface area contributed by atoms with Crippen LogP contribution in [-0.4, -0.2) is 9.97 Å². The van der Waals surface area contributed by atoms with Crippen LogP contribution in [-0.2, 0) is 19.4 Å². The molecular weight excluding hydrogens is 332 g/mol. The minimum absolute atomic E-state index is 0.529. The zero-order valence-corrected chi connectivity index (χ0v) is 16.3. The fourth-order valence-corrected chi connectivity index (χ4v) is 3.00. The van der Waals surface area contributed by atoms with Crippen LogP contribution in [0.4, 0.5) is 0 Å². The van der Waals surface area contributed by atoms with Gasteiger partial charge in [0.15, 0.2) is 11.6 Å². The van der Waals surface area contributed by atoms with E-state index in [1.165, 1.54) is 30.4 Å². The molecule has 2 aromatic carbocycles. The number of nitrogens with zero attached hydrogens (tertiary/aromatic N) is 2. The predicted molar refractivity (Wildman–Crippen MR) is 111 cm³/mol. The number of rotatable bonds is 9. The fraction of sp³-hybridized carbons (Fsp3) is 0.333. The van der Waals surface area contributed by atoms with Crippen molar-refractivity contribution in [3.63, 3.8) is 0 Å². The quantitative estimate of drug-likeness (QED) is 0.468. The number of hydrogen-bond acceptors (Lipinski definition) is 3. The van der Waals surface area contributed by atoms with Crippen LogP contribution in [0.25, 0.3) is 11.4 Å². The maximum absolute atomic E-state index is 5.82. The number of hydrogen-bond donors (Lipinski definition) is 0. The maximum atomic E-state index is 5.82. The Kier molecular flexibility index (Phi) is 6.97. The molecule has 27 heavy (non-hydrogen) atoms. The average Bonchev–Trinajstić information content (AvgIpc) is 2.73. The van der Waals surface area contributed by atoms with Gasteiger partial charge in [0.25, 0.3) is 0 Å². The zero-order valence-electron chi connectivity index (χ0n) is 16.3. The number of aromatic nitrogens is 2. The molecule has 1 heterocycles. The third kappa shape index (κ3) is 5.65. The Bertz CT molecular complexity index is 809. The van der Waals surface area contributed by atoms with E-state index in [-0.39, 0.29) is 0 Å². The molecular formula is C24H28N2O. The highest BCUT2D eigenvalue weighted by Gasteiger charge is 2.03. The molecule has 3 aromatic rings. The lowest BCUT2D eigenvalue weighted by Crippen LogP contribution is -1.98. The second-order valence-corrected chi connectivity index (χ2v) is 6.90. The van der Waals surface area contributed by atoms with Crippen LogP contribution in [0.3, 0.4) is 0 Å². The van der Waals surface area contributed by atoms with Crippen molar-refractivity contribution in [2.24, 2.45) is 0 Å². The van der Waals surface area contributed by atoms with Crippen molar-refractivity contribution in [3.05, 3.63) is 77.6 Å². The summed E-state index contributed by atoms with van der Waals surface area (Å²) in [5.74, 6) is 1.42. The Morgan fingerprint density at radius 1 is 0.704 bits per heavy atom. The summed E-state index contributed by atoms with van der Waals surface area (Å²) in [6, 6.07) is 17.1. The van der Waals surface area contributed by atoms with E-state index >= 15 is 0 Å². The Hall–Kier alpha value is -2.68. The molecule has 0 aliphatic carbocycles. The molecule has 3 rings (SSSR count). The van der Waals surface area contributed by atoms with Gasteiger partial charge in [0.1, 0.15) is 6.61 Å². The fourth-order valence-electron chi connectivity index (χ4n) is 3.00. The van der Waals surface area contributed by atoms with E-state index in [9.17, 15) is 0 Å². The molecule has 0 aliphatic rings. The van der Waals surface area contributed by atoms with E-state index in [0.717, 1.165) is 29.8 Å². The van der Waals surface area contributed by atoms with Gasteiger partial charge in [-0.2, -0.15) is 0 Å². The molecule has 0 saturated heterocycles. The highest BCUT2D eigenvalue weighted by molar-refractivity contribution is 5.55. The number of benzene rings is 2. The molecule has 3 nitrogen and oxygen atoms in total. The van der Waals surface area contributed by atoms with E-state index in [4.69, 9.17) is 4.74 Å². The van der Waals surface area contributed by atoms with Gasteiger partial charge in [-0.25, -0.2) is 9.97 Å². The van der Waals surface area contributed by atoms with Crippen molar-refractivity contribution in [3.8, 4) is 17.1 Å². The van der Waals surface area contributed by atoms with E-state index in [2.05, 4.69) is 72.3 Å². The van der Waals surface area contributed by atoms with Crippen LogP contribution >= 0.6 is 0 Å².